The fourth-order valence-corrected chi connectivity index (χ4v) is 1.96. The fraction of sp³-hybridized carbons (Fsp3) is 0.385. The lowest BCUT2D eigenvalue weighted by molar-refractivity contribution is 0.0569. The Morgan fingerprint density at radius 1 is 1.39 bits per heavy atom. The van der Waals surface area contributed by atoms with Crippen LogP contribution in [0.3, 0.4) is 0 Å². The summed E-state index contributed by atoms with van der Waals surface area (Å²) in [6, 6.07) is 1.76. The van der Waals surface area contributed by atoms with Crippen molar-refractivity contribution in [3.8, 4) is 0 Å². The third kappa shape index (κ3) is 1.92. The Kier molecular flexibility index (Phi) is 3.50. The second-order valence-electron chi connectivity index (χ2n) is 3.82. The highest BCUT2D eigenvalue weighted by atomic mass is 16.5. The van der Waals surface area contributed by atoms with E-state index in [-0.39, 0.29) is 5.76 Å². The summed E-state index contributed by atoms with van der Waals surface area (Å²) in [4.78, 5) is 17.8. The van der Waals surface area contributed by atoms with Gasteiger partial charge in [0.2, 0.25) is 11.6 Å². The summed E-state index contributed by atoms with van der Waals surface area (Å²) in [5.74, 6) is 0.435. The number of furan rings is 1. The molecule has 2 rings (SSSR count). The summed E-state index contributed by atoms with van der Waals surface area (Å²) in [5, 5.41) is 1.57. The van der Waals surface area contributed by atoms with Crippen molar-refractivity contribution < 1.29 is 13.9 Å². The van der Waals surface area contributed by atoms with Crippen LogP contribution in [0.4, 0.5) is 5.88 Å². The molecule has 0 amide bonds. The van der Waals surface area contributed by atoms with Gasteiger partial charge in [0.15, 0.2) is 0 Å². The molecule has 0 bridgehead atoms. The van der Waals surface area contributed by atoms with E-state index >= 15 is 0 Å². The van der Waals surface area contributed by atoms with Crippen molar-refractivity contribution in [2.24, 2.45) is 0 Å². The Bertz CT molecular complexity index is 558. The van der Waals surface area contributed by atoms with Crippen LogP contribution in [0.1, 0.15) is 24.4 Å². The number of ether oxygens (including phenoxy) is 1. The molecule has 0 spiro atoms. The van der Waals surface area contributed by atoms with Gasteiger partial charge in [-0.25, -0.2) is 4.79 Å². The number of nitrogens with zero attached hydrogens (tertiary/aromatic N) is 2. The minimum absolute atomic E-state index is 0.233. The molecule has 5 heteroatoms. The Hall–Kier alpha value is -2.04. The molecule has 0 saturated carbocycles. The van der Waals surface area contributed by atoms with Gasteiger partial charge in [-0.15, -0.1) is 0 Å². The van der Waals surface area contributed by atoms with Crippen LogP contribution < -0.4 is 4.90 Å². The van der Waals surface area contributed by atoms with Crippen LogP contribution in [0.2, 0.25) is 0 Å². The van der Waals surface area contributed by atoms with Crippen LogP contribution in [0, 0.1) is 0 Å². The number of pyridine rings is 1. The molecule has 0 atom stereocenters. The maximum absolute atomic E-state index is 11.7. The third-order valence-corrected chi connectivity index (χ3v) is 2.92. The van der Waals surface area contributed by atoms with E-state index in [1.54, 1.807) is 18.5 Å². The normalized spacial score (nSPS) is 10.6. The molecule has 96 valence electrons. The van der Waals surface area contributed by atoms with Gasteiger partial charge in [0.05, 0.1) is 12.5 Å². The van der Waals surface area contributed by atoms with Crippen molar-refractivity contribution in [2.45, 2.75) is 13.8 Å². The highest BCUT2D eigenvalue weighted by Crippen LogP contribution is 2.32. The van der Waals surface area contributed by atoms with Crippen LogP contribution >= 0.6 is 0 Å². The Labute approximate surface area is 105 Å². The van der Waals surface area contributed by atoms with Gasteiger partial charge in [-0.05, 0) is 19.9 Å². The zero-order chi connectivity index (χ0) is 13.1. The lowest BCUT2D eigenvalue weighted by Crippen LogP contribution is -2.21. The molecular weight excluding hydrogens is 232 g/mol. The van der Waals surface area contributed by atoms with Gasteiger partial charge in [0, 0.05) is 30.9 Å². The first kappa shape index (κ1) is 12.4. The molecular formula is C13H16N2O3. The second kappa shape index (κ2) is 5.08. The maximum atomic E-state index is 11.7. The molecule has 0 aliphatic heterocycles. The molecule has 2 aromatic heterocycles. The van der Waals surface area contributed by atoms with Gasteiger partial charge in [0.1, 0.15) is 0 Å². The highest BCUT2D eigenvalue weighted by molar-refractivity contribution is 6.06. The van der Waals surface area contributed by atoms with Crippen molar-refractivity contribution in [3.63, 3.8) is 0 Å². The first-order valence-electron chi connectivity index (χ1n) is 5.92. The van der Waals surface area contributed by atoms with E-state index in [2.05, 4.69) is 4.98 Å². The summed E-state index contributed by atoms with van der Waals surface area (Å²) >= 11 is 0. The standard InChI is InChI=1S/C13H16N2O3/c1-4-15(5-2)12-10-8-14-7-6-9(10)11(18-12)13(16)17-3/h6-8H,4-5H2,1-3H3. The largest absolute Gasteiger partial charge is 0.463 e. The fourth-order valence-electron chi connectivity index (χ4n) is 1.96. The average molecular weight is 248 g/mol. The molecule has 2 aromatic rings. The maximum Gasteiger partial charge on any atom is 0.374 e. The van der Waals surface area contributed by atoms with Gasteiger partial charge in [0.25, 0.3) is 0 Å². The number of carbonyl (C=O) groups excluding carboxylic acids is 1. The van der Waals surface area contributed by atoms with Crippen LogP contribution in [-0.4, -0.2) is 31.2 Å². The number of esters is 1. The Morgan fingerprint density at radius 3 is 2.72 bits per heavy atom. The highest BCUT2D eigenvalue weighted by Gasteiger charge is 2.22. The van der Waals surface area contributed by atoms with Crippen molar-refractivity contribution >= 4 is 22.6 Å². The number of hydrogen-bond acceptors (Lipinski definition) is 5. The molecule has 2 heterocycles. The van der Waals surface area contributed by atoms with Gasteiger partial charge in [-0.1, -0.05) is 0 Å². The minimum Gasteiger partial charge on any atom is -0.463 e. The molecule has 0 aliphatic carbocycles. The van der Waals surface area contributed by atoms with E-state index in [0.717, 1.165) is 23.9 Å². The van der Waals surface area contributed by atoms with Gasteiger partial charge >= 0.3 is 5.97 Å². The number of hydrogen-bond donors (Lipinski definition) is 0. The molecule has 0 aromatic carbocycles. The van der Waals surface area contributed by atoms with E-state index < -0.39 is 5.97 Å². The van der Waals surface area contributed by atoms with Crippen molar-refractivity contribution in [1.29, 1.82) is 0 Å². The molecule has 0 unspecified atom stereocenters. The summed E-state index contributed by atoms with van der Waals surface area (Å²) in [7, 11) is 1.34. The van der Waals surface area contributed by atoms with Gasteiger partial charge < -0.3 is 14.1 Å². The topological polar surface area (TPSA) is 55.6 Å². The van der Waals surface area contributed by atoms with Crippen molar-refractivity contribution in [1.82, 2.24) is 4.98 Å². The number of methoxy groups -OCH3 is 1. The molecule has 0 fully saturated rings. The number of fused-ring (bicyclic) bond motifs is 1. The third-order valence-electron chi connectivity index (χ3n) is 2.92. The number of carbonyl (C=O) groups is 1. The van der Waals surface area contributed by atoms with Crippen LogP contribution in [0.15, 0.2) is 22.9 Å². The second-order valence-corrected chi connectivity index (χ2v) is 3.82. The van der Waals surface area contributed by atoms with Crippen LogP contribution in [0.25, 0.3) is 10.8 Å². The lowest BCUT2D eigenvalue weighted by atomic mass is 10.2. The Morgan fingerprint density at radius 2 is 2.11 bits per heavy atom. The van der Waals surface area contributed by atoms with Crippen LogP contribution in [0.5, 0.6) is 0 Å². The monoisotopic (exact) mass is 248 g/mol. The first-order chi connectivity index (χ1) is 8.72. The molecule has 0 saturated heterocycles. The molecule has 0 radical (unpaired) electrons. The lowest BCUT2D eigenvalue weighted by Gasteiger charge is -2.17. The predicted molar refractivity (Wildman–Crippen MR) is 68.9 cm³/mol. The average Bonchev–Trinajstić information content (AvgIpc) is 2.79. The Balaban J connectivity index is 2.64. The number of anilines is 1. The molecule has 5 nitrogen and oxygen atoms in total. The van der Waals surface area contributed by atoms with E-state index in [4.69, 9.17) is 9.15 Å². The van der Waals surface area contributed by atoms with E-state index in [1.807, 2.05) is 18.7 Å². The van der Waals surface area contributed by atoms with Crippen molar-refractivity contribution in [3.05, 3.63) is 24.2 Å². The SMILES string of the molecule is CCN(CC)c1oc(C(=O)OC)c2ccncc12. The molecule has 0 N–H and O–H groups in total. The predicted octanol–water partition coefficient (Wildman–Crippen LogP) is 2.46. The summed E-state index contributed by atoms with van der Waals surface area (Å²) < 4.78 is 10.4. The van der Waals surface area contributed by atoms with Crippen LogP contribution in [-0.2, 0) is 4.74 Å². The van der Waals surface area contributed by atoms with Gasteiger partial charge in [-0.3, -0.25) is 4.98 Å². The zero-order valence-corrected chi connectivity index (χ0v) is 10.8. The molecule has 18 heavy (non-hydrogen) atoms. The molecule has 0 aliphatic rings. The van der Waals surface area contributed by atoms with E-state index in [9.17, 15) is 4.79 Å². The summed E-state index contributed by atoms with van der Waals surface area (Å²) in [5.41, 5.74) is 0. The first-order valence-corrected chi connectivity index (χ1v) is 5.92. The minimum atomic E-state index is -0.468. The number of rotatable bonds is 4. The van der Waals surface area contributed by atoms with E-state index in [1.165, 1.54) is 7.11 Å². The van der Waals surface area contributed by atoms with Crippen molar-refractivity contribution in [2.75, 3.05) is 25.1 Å². The quantitative estimate of drug-likeness (QED) is 0.778. The summed E-state index contributed by atoms with van der Waals surface area (Å²) in [6.07, 6.45) is 3.34. The van der Waals surface area contributed by atoms with E-state index in [0.29, 0.717) is 5.88 Å². The summed E-state index contributed by atoms with van der Waals surface area (Å²) in [6.45, 7) is 5.67. The van der Waals surface area contributed by atoms with Gasteiger partial charge in [-0.2, -0.15) is 0 Å². The zero-order valence-electron chi connectivity index (χ0n) is 10.8. The number of aromatic nitrogens is 1. The smallest absolute Gasteiger partial charge is 0.374 e.